The Labute approximate surface area is 79.9 Å². The highest BCUT2D eigenvalue weighted by molar-refractivity contribution is 4.84. The second kappa shape index (κ2) is 5.54. The van der Waals surface area contributed by atoms with E-state index < -0.39 is 0 Å². The van der Waals surface area contributed by atoms with Crippen molar-refractivity contribution >= 4 is 0 Å². The molecule has 0 spiro atoms. The molecule has 13 heavy (non-hydrogen) atoms. The maximum Gasteiger partial charge on any atom is 0.0900 e. The normalized spacial score (nSPS) is 20.3. The number of aliphatic hydroxyl groups excluding tert-OH is 1. The molecule has 1 fully saturated rings. The lowest BCUT2D eigenvalue weighted by molar-refractivity contribution is 0.0207. The van der Waals surface area contributed by atoms with Gasteiger partial charge in [0, 0.05) is 32.8 Å². The first-order valence-corrected chi connectivity index (χ1v) is 4.89. The molecule has 1 unspecified atom stereocenters. The average molecular weight is 188 g/mol. The minimum Gasteiger partial charge on any atom is -0.389 e. The van der Waals surface area contributed by atoms with Gasteiger partial charge in [-0.3, -0.25) is 4.90 Å². The minimum atomic E-state index is -0.356. The van der Waals surface area contributed by atoms with E-state index in [1.54, 1.807) is 7.11 Å². The highest BCUT2D eigenvalue weighted by Crippen LogP contribution is 2.05. The molecule has 4 heteroatoms. The maximum atomic E-state index is 9.53. The predicted octanol–water partition coefficient (Wildman–Crippen LogP) is -0.713. The van der Waals surface area contributed by atoms with Crippen LogP contribution in [0.25, 0.3) is 0 Å². The molecule has 0 amide bonds. The van der Waals surface area contributed by atoms with E-state index in [1.807, 2.05) is 0 Å². The van der Waals surface area contributed by atoms with Crippen molar-refractivity contribution in [3.05, 3.63) is 0 Å². The Morgan fingerprint density at radius 2 is 2.31 bits per heavy atom. The Bertz CT molecular complexity index is 140. The molecule has 78 valence electrons. The van der Waals surface area contributed by atoms with E-state index in [1.165, 1.54) is 0 Å². The van der Waals surface area contributed by atoms with Gasteiger partial charge in [0.05, 0.1) is 12.7 Å². The number of likely N-dealkylation sites (N-methyl/N-ethyl adjacent to an activating group) is 1. The Kier molecular flexibility index (Phi) is 4.66. The first-order chi connectivity index (χ1) is 6.27. The van der Waals surface area contributed by atoms with Crippen LogP contribution in [-0.2, 0) is 4.74 Å². The summed E-state index contributed by atoms with van der Waals surface area (Å²) in [6.07, 6.45) is -0.356. The molecular formula is C9H20N2O2. The molecule has 1 rings (SSSR count). The molecule has 2 N–H and O–H groups in total. The lowest BCUT2D eigenvalue weighted by atomic mass is 10.1. The van der Waals surface area contributed by atoms with Crippen molar-refractivity contribution in [3.8, 4) is 0 Å². The van der Waals surface area contributed by atoms with Crippen molar-refractivity contribution in [1.29, 1.82) is 0 Å². The fourth-order valence-corrected chi connectivity index (χ4v) is 1.58. The zero-order chi connectivity index (χ0) is 9.68. The van der Waals surface area contributed by atoms with E-state index in [9.17, 15) is 5.11 Å². The van der Waals surface area contributed by atoms with E-state index in [0.717, 1.165) is 26.2 Å². The van der Waals surface area contributed by atoms with Gasteiger partial charge in [-0.25, -0.2) is 0 Å². The smallest absolute Gasteiger partial charge is 0.0900 e. The van der Waals surface area contributed by atoms with Gasteiger partial charge in [-0.05, 0) is 6.54 Å². The zero-order valence-corrected chi connectivity index (χ0v) is 8.49. The van der Waals surface area contributed by atoms with E-state index in [-0.39, 0.29) is 6.10 Å². The molecule has 0 saturated carbocycles. The molecule has 1 atom stereocenters. The van der Waals surface area contributed by atoms with Crippen molar-refractivity contribution in [1.82, 2.24) is 10.2 Å². The summed E-state index contributed by atoms with van der Waals surface area (Å²) in [5.74, 6) is 0. The molecular weight excluding hydrogens is 168 g/mol. The van der Waals surface area contributed by atoms with Crippen molar-refractivity contribution in [2.75, 3.05) is 39.9 Å². The van der Waals surface area contributed by atoms with Gasteiger partial charge >= 0.3 is 0 Å². The minimum absolute atomic E-state index is 0.356. The summed E-state index contributed by atoms with van der Waals surface area (Å²) >= 11 is 0. The molecule has 0 aromatic rings. The molecule has 1 aliphatic rings. The summed E-state index contributed by atoms with van der Waals surface area (Å²) in [6, 6.07) is 0.608. The van der Waals surface area contributed by atoms with E-state index >= 15 is 0 Å². The van der Waals surface area contributed by atoms with E-state index in [0.29, 0.717) is 12.6 Å². The molecule has 0 aromatic heterocycles. The van der Waals surface area contributed by atoms with Crippen LogP contribution in [0.15, 0.2) is 0 Å². The number of nitrogens with zero attached hydrogens (tertiary/aromatic N) is 1. The molecule has 0 bridgehead atoms. The summed E-state index contributed by atoms with van der Waals surface area (Å²) in [6.45, 7) is 6.36. The predicted molar refractivity (Wildman–Crippen MR) is 51.8 cm³/mol. The number of methoxy groups -OCH3 is 1. The second-order valence-electron chi connectivity index (χ2n) is 3.51. The fraction of sp³-hybridized carbons (Fsp3) is 1.00. The molecule has 1 heterocycles. The average Bonchev–Trinajstić information content (AvgIpc) is 2.00. The molecule has 0 aliphatic carbocycles. The van der Waals surface area contributed by atoms with Crippen LogP contribution in [0.3, 0.4) is 0 Å². The van der Waals surface area contributed by atoms with Crippen LogP contribution in [0.2, 0.25) is 0 Å². The van der Waals surface area contributed by atoms with Crippen molar-refractivity contribution in [2.45, 2.75) is 19.1 Å². The molecule has 0 aromatic carbocycles. The first-order valence-electron chi connectivity index (χ1n) is 4.89. The third-order valence-corrected chi connectivity index (χ3v) is 2.49. The van der Waals surface area contributed by atoms with Gasteiger partial charge in [-0.15, -0.1) is 0 Å². The van der Waals surface area contributed by atoms with Crippen LogP contribution in [0, 0.1) is 0 Å². The Morgan fingerprint density at radius 1 is 1.62 bits per heavy atom. The Morgan fingerprint density at radius 3 is 2.69 bits per heavy atom. The number of aliphatic hydroxyl groups is 1. The van der Waals surface area contributed by atoms with Crippen molar-refractivity contribution < 1.29 is 9.84 Å². The maximum absolute atomic E-state index is 9.53. The highest BCUT2D eigenvalue weighted by atomic mass is 16.5. The van der Waals surface area contributed by atoms with Crippen molar-refractivity contribution in [2.24, 2.45) is 0 Å². The van der Waals surface area contributed by atoms with Gasteiger partial charge in [-0.2, -0.15) is 0 Å². The summed E-state index contributed by atoms with van der Waals surface area (Å²) in [7, 11) is 1.62. The number of ether oxygens (including phenoxy) is 1. The third kappa shape index (κ3) is 3.23. The van der Waals surface area contributed by atoms with Crippen LogP contribution in [0.5, 0.6) is 0 Å². The van der Waals surface area contributed by atoms with Gasteiger partial charge in [0.1, 0.15) is 0 Å². The van der Waals surface area contributed by atoms with Gasteiger partial charge in [0.2, 0.25) is 0 Å². The van der Waals surface area contributed by atoms with Gasteiger partial charge < -0.3 is 15.2 Å². The Hall–Kier alpha value is -0.160. The lowest BCUT2D eigenvalue weighted by Crippen LogP contribution is -2.58. The molecule has 1 saturated heterocycles. The van der Waals surface area contributed by atoms with Crippen molar-refractivity contribution in [3.63, 3.8) is 0 Å². The van der Waals surface area contributed by atoms with E-state index in [4.69, 9.17) is 4.74 Å². The summed E-state index contributed by atoms with van der Waals surface area (Å²) < 4.78 is 4.89. The van der Waals surface area contributed by atoms with Crippen LogP contribution in [0.1, 0.15) is 6.92 Å². The topological polar surface area (TPSA) is 44.7 Å². The first kappa shape index (κ1) is 10.9. The standard InChI is InChI=1S/C9H20N2O2/c1-3-11(8-4-10-5-8)6-9(12)7-13-2/h8-10,12H,3-7H2,1-2H3. The third-order valence-electron chi connectivity index (χ3n) is 2.49. The quantitative estimate of drug-likeness (QED) is 0.578. The van der Waals surface area contributed by atoms with E-state index in [2.05, 4.69) is 17.1 Å². The number of hydrogen-bond acceptors (Lipinski definition) is 4. The van der Waals surface area contributed by atoms with Crippen LogP contribution >= 0.6 is 0 Å². The van der Waals surface area contributed by atoms with Gasteiger partial charge in [0.15, 0.2) is 0 Å². The highest BCUT2D eigenvalue weighted by Gasteiger charge is 2.24. The van der Waals surface area contributed by atoms with Crippen LogP contribution < -0.4 is 5.32 Å². The Balaban J connectivity index is 2.21. The number of nitrogens with one attached hydrogen (secondary N) is 1. The zero-order valence-electron chi connectivity index (χ0n) is 8.49. The monoisotopic (exact) mass is 188 g/mol. The van der Waals surface area contributed by atoms with Crippen LogP contribution in [0.4, 0.5) is 0 Å². The fourth-order valence-electron chi connectivity index (χ4n) is 1.58. The van der Waals surface area contributed by atoms with Gasteiger partial charge in [0.25, 0.3) is 0 Å². The largest absolute Gasteiger partial charge is 0.389 e. The summed E-state index contributed by atoms with van der Waals surface area (Å²) in [5, 5.41) is 12.8. The SMILES string of the molecule is CCN(CC(O)COC)C1CNC1. The lowest BCUT2D eigenvalue weighted by Gasteiger charge is -2.38. The molecule has 1 aliphatic heterocycles. The summed E-state index contributed by atoms with van der Waals surface area (Å²) in [4.78, 5) is 2.29. The molecule has 4 nitrogen and oxygen atoms in total. The second-order valence-corrected chi connectivity index (χ2v) is 3.51. The number of hydrogen-bond donors (Lipinski definition) is 2. The molecule has 0 radical (unpaired) electrons. The summed E-state index contributed by atoms with van der Waals surface area (Å²) in [5.41, 5.74) is 0. The van der Waals surface area contributed by atoms with Gasteiger partial charge in [-0.1, -0.05) is 6.92 Å². The van der Waals surface area contributed by atoms with Crippen LogP contribution in [-0.4, -0.2) is 62.0 Å². The number of rotatable bonds is 6.